The van der Waals surface area contributed by atoms with Crippen molar-refractivity contribution < 1.29 is 0 Å². The summed E-state index contributed by atoms with van der Waals surface area (Å²) in [6, 6.07) is 12.7. The molecule has 88 valence electrons. The van der Waals surface area contributed by atoms with E-state index >= 15 is 0 Å². The van der Waals surface area contributed by atoms with Crippen molar-refractivity contribution in [3.8, 4) is 0 Å². The molecule has 0 fully saturated rings. The number of rotatable bonds is 4. The largest absolute Gasteiger partial charge is 0.306 e. The van der Waals surface area contributed by atoms with Gasteiger partial charge in [-0.25, -0.2) is 0 Å². The van der Waals surface area contributed by atoms with Crippen molar-refractivity contribution in [3.05, 3.63) is 64.4 Å². The molecule has 0 spiro atoms. The van der Waals surface area contributed by atoms with E-state index in [0.717, 1.165) is 11.0 Å². The van der Waals surface area contributed by atoms with Crippen LogP contribution in [-0.2, 0) is 0 Å². The van der Waals surface area contributed by atoms with Crippen LogP contribution in [0.3, 0.4) is 0 Å². The maximum Gasteiger partial charge on any atom is 0.0591 e. The number of hydrogen-bond acceptors (Lipinski definition) is 2. The molecule has 1 aromatic heterocycles. The first-order valence-electron chi connectivity index (χ1n) is 5.70. The van der Waals surface area contributed by atoms with Crippen LogP contribution in [0.1, 0.15) is 24.1 Å². The van der Waals surface area contributed by atoms with Crippen molar-refractivity contribution in [2.45, 2.75) is 13.0 Å². The first-order chi connectivity index (χ1) is 8.31. The minimum atomic E-state index is 0.210. The zero-order valence-corrected chi connectivity index (χ0v) is 11.3. The monoisotopic (exact) mass is 290 g/mol. The van der Waals surface area contributed by atoms with E-state index in [1.807, 2.05) is 12.3 Å². The maximum absolute atomic E-state index is 4.18. The molecule has 2 rings (SSSR count). The van der Waals surface area contributed by atoms with Gasteiger partial charge in [-0.2, -0.15) is 0 Å². The Morgan fingerprint density at radius 1 is 1.18 bits per heavy atom. The number of pyridine rings is 1. The normalized spacial score (nSPS) is 12.4. The van der Waals surface area contributed by atoms with Crippen LogP contribution in [0.15, 0.2) is 53.3 Å². The van der Waals surface area contributed by atoms with Crippen LogP contribution < -0.4 is 5.32 Å². The zero-order chi connectivity index (χ0) is 12.1. The Morgan fingerprint density at radius 3 is 2.53 bits per heavy atom. The zero-order valence-electron chi connectivity index (χ0n) is 9.73. The Morgan fingerprint density at radius 2 is 1.94 bits per heavy atom. The molecular formula is C14H15BrN2. The SMILES string of the molecule is CCN[C@@H](c1ccc(Br)cc1)c1cccnc1. The molecule has 0 unspecified atom stereocenters. The van der Waals surface area contributed by atoms with E-state index in [1.54, 1.807) is 6.20 Å². The minimum Gasteiger partial charge on any atom is -0.306 e. The molecule has 1 aromatic carbocycles. The molecule has 0 aliphatic rings. The molecule has 0 saturated carbocycles. The van der Waals surface area contributed by atoms with Crippen LogP contribution >= 0.6 is 15.9 Å². The van der Waals surface area contributed by atoms with Crippen LogP contribution in [0.2, 0.25) is 0 Å². The van der Waals surface area contributed by atoms with Crippen LogP contribution in [0.4, 0.5) is 0 Å². The van der Waals surface area contributed by atoms with Crippen molar-refractivity contribution >= 4 is 15.9 Å². The third-order valence-corrected chi connectivity index (χ3v) is 3.16. The molecule has 17 heavy (non-hydrogen) atoms. The Bertz CT molecular complexity index is 453. The Labute approximate surface area is 110 Å². The van der Waals surface area contributed by atoms with Gasteiger partial charge in [-0.05, 0) is 35.9 Å². The van der Waals surface area contributed by atoms with Gasteiger partial charge < -0.3 is 5.32 Å². The summed E-state index contributed by atoms with van der Waals surface area (Å²) in [7, 11) is 0. The molecule has 1 N–H and O–H groups in total. The van der Waals surface area contributed by atoms with E-state index in [-0.39, 0.29) is 6.04 Å². The van der Waals surface area contributed by atoms with Crippen molar-refractivity contribution in [1.29, 1.82) is 0 Å². The van der Waals surface area contributed by atoms with Gasteiger partial charge in [0.15, 0.2) is 0 Å². The van der Waals surface area contributed by atoms with Crippen molar-refractivity contribution in [1.82, 2.24) is 10.3 Å². The molecule has 0 aliphatic heterocycles. The molecule has 3 heteroatoms. The van der Waals surface area contributed by atoms with E-state index in [0.29, 0.717) is 0 Å². The van der Waals surface area contributed by atoms with Crippen LogP contribution in [0, 0.1) is 0 Å². The van der Waals surface area contributed by atoms with E-state index in [4.69, 9.17) is 0 Å². The number of nitrogens with one attached hydrogen (secondary N) is 1. The van der Waals surface area contributed by atoms with Gasteiger partial charge in [-0.3, -0.25) is 4.98 Å². The molecule has 2 aromatic rings. The van der Waals surface area contributed by atoms with Gasteiger partial charge >= 0.3 is 0 Å². The fourth-order valence-electron chi connectivity index (χ4n) is 1.83. The van der Waals surface area contributed by atoms with Gasteiger partial charge in [0.05, 0.1) is 6.04 Å². The molecule has 0 radical (unpaired) electrons. The van der Waals surface area contributed by atoms with Gasteiger partial charge in [0.1, 0.15) is 0 Å². The fraction of sp³-hybridized carbons (Fsp3) is 0.214. The third kappa shape index (κ3) is 3.14. The summed E-state index contributed by atoms with van der Waals surface area (Å²) in [5, 5.41) is 3.48. The third-order valence-electron chi connectivity index (χ3n) is 2.63. The van der Waals surface area contributed by atoms with Crippen molar-refractivity contribution in [3.63, 3.8) is 0 Å². The average molecular weight is 291 g/mol. The van der Waals surface area contributed by atoms with Crippen LogP contribution in [0.5, 0.6) is 0 Å². The summed E-state index contributed by atoms with van der Waals surface area (Å²) in [5.74, 6) is 0. The van der Waals surface area contributed by atoms with Gasteiger partial charge in [0.2, 0.25) is 0 Å². The van der Waals surface area contributed by atoms with E-state index in [2.05, 4.69) is 63.5 Å². The summed E-state index contributed by atoms with van der Waals surface area (Å²) >= 11 is 3.46. The van der Waals surface area contributed by atoms with Gasteiger partial charge in [0, 0.05) is 16.9 Å². The molecule has 1 heterocycles. The Balaban J connectivity index is 2.32. The second kappa shape index (κ2) is 5.94. The summed E-state index contributed by atoms with van der Waals surface area (Å²) in [5.41, 5.74) is 2.44. The second-order valence-electron chi connectivity index (χ2n) is 3.83. The quantitative estimate of drug-likeness (QED) is 0.932. The van der Waals surface area contributed by atoms with Gasteiger partial charge in [0.25, 0.3) is 0 Å². The summed E-state index contributed by atoms with van der Waals surface area (Å²) in [6.45, 7) is 3.04. The summed E-state index contributed by atoms with van der Waals surface area (Å²) in [4.78, 5) is 4.18. The number of aromatic nitrogens is 1. The molecule has 2 nitrogen and oxygen atoms in total. The second-order valence-corrected chi connectivity index (χ2v) is 4.74. The standard InChI is InChI=1S/C14H15BrN2/c1-2-17-14(12-4-3-9-16-10-12)11-5-7-13(15)8-6-11/h3-10,14,17H,2H2,1H3/t14-/m0/s1. The topological polar surface area (TPSA) is 24.9 Å². The lowest BCUT2D eigenvalue weighted by Crippen LogP contribution is -2.21. The number of benzene rings is 1. The predicted molar refractivity (Wildman–Crippen MR) is 73.9 cm³/mol. The van der Waals surface area contributed by atoms with E-state index in [1.165, 1.54) is 11.1 Å². The van der Waals surface area contributed by atoms with Gasteiger partial charge in [-0.15, -0.1) is 0 Å². The first kappa shape index (κ1) is 12.3. The van der Waals surface area contributed by atoms with Crippen molar-refractivity contribution in [2.75, 3.05) is 6.54 Å². The molecular weight excluding hydrogens is 276 g/mol. The highest BCUT2D eigenvalue weighted by atomic mass is 79.9. The predicted octanol–water partition coefficient (Wildman–Crippen LogP) is 3.54. The van der Waals surface area contributed by atoms with Gasteiger partial charge in [-0.1, -0.05) is 41.1 Å². The smallest absolute Gasteiger partial charge is 0.0591 e. The van der Waals surface area contributed by atoms with Crippen LogP contribution in [0.25, 0.3) is 0 Å². The number of halogens is 1. The Kier molecular flexibility index (Phi) is 4.29. The highest BCUT2D eigenvalue weighted by Gasteiger charge is 2.12. The molecule has 0 bridgehead atoms. The van der Waals surface area contributed by atoms with E-state index < -0.39 is 0 Å². The summed E-state index contributed by atoms with van der Waals surface area (Å²) < 4.78 is 1.10. The molecule has 1 atom stereocenters. The highest BCUT2D eigenvalue weighted by Crippen LogP contribution is 2.22. The average Bonchev–Trinajstić information content (AvgIpc) is 2.38. The minimum absolute atomic E-state index is 0.210. The molecule has 0 aliphatic carbocycles. The highest BCUT2D eigenvalue weighted by molar-refractivity contribution is 9.10. The summed E-state index contributed by atoms with van der Waals surface area (Å²) in [6.07, 6.45) is 3.71. The molecule has 0 saturated heterocycles. The Hall–Kier alpha value is -1.19. The first-order valence-corrected chi connectivity index (χ1v) is 6.49. The van der Waals surface area contributed by atoms with Crippen molar-refractivity contribution in [2.24, 2.45) is 0 Å². The lowest BCUT2D eigenvalue weighted by Gasteiger charge is -2.18. The molecule has 0 amide bonds. The number of hydrogen-bond donors (Lipinski definition) is 1. The lowest BCUT2D eigenvalue weighted by atomic mass is 10.0. The van der Waals surface area contributed by atoms with Crippen LogP contribution in [-0.4, -0.2) is 11.5 Å². The number of nitrogens with zero attached hydrogens (tertiary/aromatic N) is 1. The lowest BCUT2D eigenvalue weighted by molar-refractivity contribution is 0.628. The maximum atomic E-state index is 4.18. The van der Waals surface area contributed by atoms with E-state index in [9.17, 15) is 0 Å². The fourth-order valence-corrected chi connectivity index (χ4v) is 2.10.